The minimum atomic E-state index is -3.54. The Morgan fingerprint density at radius 1 is 0.938 bits per heavy atom. The van der Waals surface area contributed by atoms with Crippen molar-refractivity contribution in [1.29, 1.82) is 0 Å². The molecule has 8 heteroatoms. The molecular weight excluding hydrogens is 426 g/mol. The number of carbonyl (C=O) groups is 1. The fourth-order valence-electron chi connectivity index (χ4n) is 4.22. The van der Waals surface area contributed by atoms with Crippen LogP contribution in [0.1, 0.15) is 28.8 Å². The molecular formula is C24H31N3O4S. The number of sulfonamides is 1. The van der Waals surface area contributed by atoms with E-state index in [0.29, 0.717) is 38.3 Å². The van der Waals surface area contributed by atoms with E-state index >= 15 is 0 Å². The third kappa shape index (κ3) is 5.14. The molecule has 0 unspecified atom stereocenters. The molecule has 0 saturated carbocycles. The van der Waals surface area contributed by atoms with Crippen molar-refractivity contribution in [2.75, 3.05) is 52.4 Å². The molecule has 2 aromatic carbocycles. The third-order valence-electron chi connectivity index (χ3n) is 6.22. The number of benzene rings is 2. The van der Waals surface area contributed by atoms with Gasteiger partial charge in [0.15, 0.2) is 0 Å². The highest BCUT2D eigenvalue weighted by atomic mass is 32.2. The van der Waals surface area contributed by atoms with E-state index in [9.17, 15) is 13.2 Å². The van der Waals surface area contributed by atoms with Crippen molar-refractivity contribution in [2.24, 2.45) is 0 Å². The van der Waals surface area contributed by atoms with Crippen LogP contribution in [0.25, 0.3) is 0 Å². The molecule has 2 aliphatic heterocycles. The summed E-state index contributed by atoms with van der Waals surface area (Å²) in [4.78, 5) is 17.5. The molecule has 7 nitrogen and oxygen atoms in total. The molecule has 2 aromatic rings. The Hall–Kier alpha value is -2.42. The normalized spacial score (nSPS) is 18.1. The van der Waals surface area contributed by atoms with Crippen molar-refractivity contribution >= 4 is 15.9 Å². The van der Waals surface area contributed by atoms with Crippen LogP contribution in [0.4, 0.5) is 0 Å². The quantitative estimate of drug-likeness (QED) is 0.639. The Balaban J connectivity index is 1.34. The van der Waals surface area contributed by atoms with Crippen LogP contribution in [0, 0.1) is 6.92 Å². The Morgan fingerprint density at radius 3 is 2.31 bits per heavy atom. The molecule has 2 saturated heterocycles. The van der Waals surface area contributed by atoms with Gasteiger partial charge in [-0.05, 0) is 49.6 Å². The Bertz CT molecular complexity index is 1030. The van der Waals surface area contributed by atoms with Crippen LogP contribution in [0.5, 0.6) is 5.75 Å². The minimum Gasteiger partial charge on any atom is -0.492 e. The van der Waals surface area contributed by atoms with E-state index in [2.05, 4.69) is 4.90 Å². The van der Waals surface area contributed by atoms with E-state index in [-0.39, 0.29) is 10.8 Å². The first-order valence-electron chi connectivity index (χ1n) is 11.3. The van der Waals surface area contributed by atoms with Crippen LogP contribution >= 0.6 is 0 Å². The predicted octanol–water partition coefficient (Wildman–Crippen LogP) is 2.62. The molecule has 0 aliphatic carbocycles. The summed E-state index contributed by atoms with van der Waals surface area (Å²) >= 11 is 0. The lowest BCUT2D eigenvalue weighted by Gasteiger charge is -2.35. The van der Waals surface area contributed by atoms with Crippen molar-refractivity contribution in [3.05, 3.63) is 59.7 Å². The lowest BCUT2D eigenvalue weighted by Crippen LogP contribution is -2.49. The highest BCUT2D eigenvalue weighted by molar-refractivity contribution is 7.89. The van der Waals surface area contributed by atoms with Gasteiger partial charge in [-0.25, -0.2) is 8.42 Å². The maximum atomic E-state index is 13.2. The molecule has 0 radical (unpaired) electrons. The number of hydrogen-bond acceptors (Lipinski definition) is 5. The molecule has 2 fully saturated rings. The van der Waals surface area contributed by atoms with Gasteiger partial charge in [0.1, 0.15) is 12.4 Å². The Labute approximate surface area is 190 Å². The SMILES string of the molecule is Cc1ccc(S(=O)(=O)N2CCCC2)cc1C(=O)N1CCN(CCOc2ccccc2)CC1. The lowest BCUT2D eigenvalue weighted by atomic mass is 10.1. The van der Waals surface area contributed by atoms with Crippen LogP contribution < -0.4 is 4.74 Å². The number of amides is 1. The van der Waals surface area contributed by atoms with Crippen LogP contribution in [0.15, 0.2) is 53.4 Å². The van der Waals surface area contributed by atoms with Gasteiger partial charge in [0.2, 0.25) is 10.0 Å². The zero-order valence-corrected chi connectivity index (χ0v) is 19.4. The second kappa shape index (κ2) is 10.0. The highest BCUT2D eigenvalue weighted by Gasteiger charge is 2.29. The largest absolute Gasteiger partial charge is 0.492 e. The van der Waals surface area contributed by atoms with Crippen molar-refractivity contribution < 1.29 is 17.9 Å². The summed E-state index contributed by atoms with van der Waals surface area (Å²) in [7, 11) is -3.54. The molecule has 0 aromatic heterocycles. The van der Waals surface area contributed by atoms with Crippen LogP contribution in [0.3, 0.4) is 0 Å². The zero-order valence-electron chi connectivity index (χ0n) is 18.6. The molecule has 0 atom stereocenters. The number of ether oxygens (including phenoxy) is 1. The number of aryl methyl sites for hydroxylation is 1. The van der Waals surface area contributed by atoms with Gasteiger partial charge in [-0.15, -0.1) is 0 Å². The first-order chi connectivity index (χ1) is 15.4. The maximum absolute atomic E-state index is 13.2. The number of nitrogens with zero attached hydrogens (tertiary/aromatic N) is 3. The smallest absolute Gasteiger partial charge is 0.254 e. The summed E-state index contributed by atoms with van der Waals surface area (Å²) in [5.74, 6) is 0.765. The Kier molecular flexibility index (Phi) is 7.13. The summed E-state index contributed by atoms with van der Waals surface area (Å²) in [5.41, 5.74) is 1.28. The van der Waals surface area contributed by atoms with Crippen LogP contribution in [-0.4, -0.2) is 80.9 Å². The maximum Gasteiger partial charge on any atom is 0.254 e. The molecule has 2 heterocycles. The minimum absolute atomic E-state index is 0.0962. The van der Waals surface area contributed by atoms with Crippen molar-refractivity contribution in [3.8, 4) is 5.75 Å². The van der Waals surface area contributed by atoms with E-state index in [1.54, 1.807) is 18.2 Å². The van der Waals surface area contributed by atoms with Gasteiger partial charge in [0.25, 0.3) is 5.91 Å². The van der Waals surface area contributed by atoms with Gasteiger partial charge >= 0.3 is 0 Å². The first-order valence-corrected chi connectivity index (χ1v) is 12.7. The number of hydrogen-bond donors (Lipinski definition) is 0. The summed E-state index contributed by atoms with van der Waals surface area (Å²) in [6.07, 6.45) is 1.77. The number of para-hydroxylation sites is 1. The molecule has 0 N–H and O–H groups in total. The molecule has 0 spiro atoms. The third-order valence-corrected chi connectivity index (χ3v) is 8.12. The molecule has 32 heavy (non-hydrogen) atoms. The van der Waals surface area contributed by atoms with E-state index in [1.165, 1.54) is 4.31 Å². The van der Waals surface area contributed by atoms with Gasteiger partial charge in [-0.3, -0.25) is 9.69 Å². The highest BCUT2D eigenvalue weighted by Crippen LogP contribution is 2.24. The van der Waals surface area contributed by atoms with E-state index in [1.807, 2.05) is 42.2 Å². The summed E-state index contributed by atoms with van der Waals surface area (Å²) in [5, 5.41) is 0. The van der Waals surface area contributed by atoms with Gasteiger partial charge < -0.3 is 9.64 Å². The van der Waals surface area contributed by atoms with Gasteiger partial charge in [0, 0.05) is 51.4 Å². The molecule has 0 bridgehead atoms. The predicted molar refractivity (Wildman–Crippen MR) is 123 cm³/mol. The van der Waals surface area contributed by atoms with Crippen molar-refractivity contribution in [1.82, 2.24) is 14.1 Å². The monoisotopic (exact) mass is 457 g/mol. The topological polar surface area (TPSA) is 70.2 Å². The van der Waals surface area contributed by atoms with Crippen molar-refractivity contribution in [2.45, 2.75) is 24.7 Å². The average Bonchev–Trinajstić information content (AvgIpc) is 3.36. The summed E-state index contributed by atoms with van der Waals surface area (Å²) in [6.45, 7) is 7.15. The van der Waals surface area contributed by atoms with Gasteiger partial charge in [-0.2, -0.15) is 4.31 Å². The average molecular weight is 458 g/mol. The molecule has 172 valence electrons. The standard InChI is InChI=1S/C24H31N3O4S/c1-20-9-10-22(32(29,30)27-11-5-6-12-27)19-23(20)24(28)26-15-13-25(14-16-26)17-18-31-21-7-3-2-4-8-21/h2-4,7-10,19H,5-6,11-18H2,1H3. The molecule has 4 rings (SSSR count). The van der Waals surface area contributed by atoms with Crippen molar-refractivity contribution in [3.63, 3.8) is 0 Å². The van der Waals surface area contributed by atoms with Crippen LogP contribution in [-0.2, 0) is 10.0 Å². The van der Waals surface area contributed by atoms with E-state index in [4.69, 9.17) is 4.74 Å². The van der Waals surface area contributed by atoms with E-state index in [0.717, 1.165) is 43.8 Å². The van der Waals surface area contributed by atoms with Crippen LogP contribution in [0.2, 0.25) is 0 Å². The Morgan fingerprint density at radius 2 is 1.62 bits per heavy atom. The van der Waals surface area contributed by atoms with Gasteiger partial charge in [-0.1, -0.05) is 24.3 Å². The second-order valence-electron chi connectivity index (χ2n) is 8.38. The summed E-state index contributed by atoms with van der Waals surface area (Å²) < 4.78 is 33.1. The molecule has 2 aliphatic rings. The fourth-order valence-corrected chi connectivity index (χ4v) is 5.77. The molecule has 1 amide bonds. The fraction of sp³-hybridized carbons (Fsp3) is 0.458. The zero-order chi connectivity index (χ0) is 22.6. The van der Waals surface area contributed by atoms with Gasteiger partial charge in [0.05, 0.1) is 4.90 Å². The number of carbonyl (C=O) groups excluding carboxylic acids is 1. The van der Waals surface area contributed by atoms with E-state index < -0.39 is 10.0 Å². The second-order valence-corrected chi connectivity index (χ2v) is 10.3. The summed E-state index contributed by atoms with van der Waals surface area (Å²) in [6, 6.07) is 14.7. The first kappa shape index (κ1) is 22.8. The number of rotatable bonds is 7. The number of piperazine rings is 1. The lowest BCUT2D eigenvalue weighted by molar-refractivity contribution is 0.0619.